The molecule has 0 fully saturated rings. The van der Waals surface area contributed by atoms with Crippen molar-refractivity contribution in [3.63, 3.8) is 0 Å². The molecule has 19 heavy (non-hydrogen) atoms. The monoisotopic (exact) mass is 285 g/mol. The number of hydrogen-bond donors (Lipinski definition) is 2. The average Bonchev–Trinajstić information content (AvgIpc) is 2.34. The van der Waals surface area contributed by atoms with Gasteiger partial charge in [-0.2, -0.15) is 0 Å². The molecule has 0 saturated carbocycles. The Morgan fingerprint density at radius 2 is 2.16 bits per heavy atom. The van der Waals surface area contributed by atoms with Crippen molar-refractivity contribution in [1.82, 2.24) is 5.32 Å². The Balaban J connectivity index is 2.76. The highest BCUT2D eigenvalue weighted by Gasteiger charge is 2.19. The molecule has 0 radical (unpaired) electrons. The molecular formula is C14H20ClNO3. The number of carboxylic acids is 1. The lowest BCUT2D eigenvalue weighted by Gasteiger charge is -2.18. The molecule has 1 atom stereocenters. The van der Waals surface area contributed by atoms with E-state index >= 15 is 0 Å². The number of hydrogen-bond acceptors (Lipinski definition) is 3. The number of rotatable bonds is 7. The van der Waals surface area contributed by atoms with Gasteiger partial charge < -0.3 is 15.2 Å². The maximum absolute atomic E-state index is 11.2. The van der Waals surface area contributed by atoms with Gasteiger partial charge in [0.15, 0.2) is 0 Å². The van der Waals surface area contributed by atoms with E-state index in [0.717, 1.165) is 5.56 Å². The summed E-state index contributed by atoms with van der Waals surface area (Å²) in [6, 6.07) is 4.79. The summed E-state index contributed by atoms with van der Waals surface area (Å²) in [5, 5.41) is 12.8. The van der Waals surface area contributed by atoms with Crippen LogP contribution in [-0.4, -0.2) is 24.2 Å². The van der Waals surface area contributed by atoms with Gasteiger partial charge in [-0.05, 0) is 24.5 Å². The van der Waals surface area contributed by atoms with E-state index < -0.39 is 12.0 Å². The van der Waals surface area contributed by atoms with Crippen LogP contribution < -0.4 is 10.1 Å². The first-order valence-corrected chi connectivity index (χ1v) is 6.61. The van der Waals surface area contributed by atoms with E-state index in [1.54, 1.807) is 25.3 Å². The van der Waals surface area contributed by atoms with Crippen molar-refractivity contribution in [1.29, 1.82) is 0 Å². The Morgan fingerprint density at radius 1 is 1.47 bits per heavy atom. The van der Waals surface area contributed by atoms with Crippen molar-refractivity contribution < 1.29 is 14.6 Å². The third kappa shape index (κ3) is 4.73. The molecule has 0 aromatic heterocycles. The summed E-state index contributed by atoms with van der Waals surface area (Å²) in [6.45, 7) is 4.36. The largest absolute Gasteiger partial charge is 0.496 e. The Bertz CT molecular complexity index is 435. The van der Waals surface area contributed by atoms with E-state index in [-0.39, 0.29) is 0 Å². The first-order chi connectivity index (χ1) is 8.95. The summed E-state index contributed by atoms with van der Waals surface area (Å²) in [7, 11) is 1.57. The van der Waals surface area contributed by atoms with E-state index in [0.29, 0.717) is 29.7 Å². The summed E-state index contributed by atoms with van der Waals surface area (Å²) in [5.74, 6) is 0.121. The lowest BCUT2D eigenvalue weighted by molar-refractivity contribution is -0.140. The molecule has 0 amide bonds. The van der Waals surface area contributed by atoms with Crippen molar-refractivity contribution in [3.05, 3.63) is 28.8 Å². The number of aliphatic carboxylic acids is 1. The van der Waals surface area contributed by atoms with Crippen LogP contribution in [0.5, 0.6) is 5.75 Å². The zero-order valence-corrected chi connectivity index (χ0v) is 12.2. The minimum Gasteiger partial charge on any atom is -0.496 e. The standard InChI is InChI=1S/C14H20ClNO3/c1-9(2)7-12(14(17)18)16-8-10-11(15)5-4-6-13(10)19-3/h4-6,9,12,16H,7-8H2,1-3H3,(H,17,18). The summed E-state index contributed by atoms with van der Waals surface area (Å²) in [5.41, 5.74) is 0.779. The average molecular weight is 286 g/mol. The lowest BCUT2D eigenvalue weighted by atomic mass is 10.0. The summed E-state index contributed by atoms with van der Waals surface area (Å²) in [4.78, 5) is 11.2. The number of carbonyl (C=O) groups is 1. The van der Waals surface area contributed by atoms with Gasteiger partial charge in [-0.25, -0.2) is 0 Å². The SMILES string of the molecule is COc1cccc(Cl)c1CNC(CC(C)C)C(=O)O. The minimum atomic E-state index is -0.847. The highest BCUT2D eigenvalue weighted by atomic mass is 35.5. The topological polar surface area (TPSA) is 58.6 Å². The molecular weight excluding hydrogens is 266 g/mol. The molecule has 0 aliphatic carbocycles. The number of halogens is 1. The van der Waals surface area contributed by atoms with Crippen LogP contribution in [0.1, 0.15) is 25.8 Å². The Kier molecular flexibility index (Phi) is 6.12. The number of methoxy groups -OCH3 is 1. The fourth-order valence-electron chi connectivity index (χ4n) is 1.87. The fourth-order valence-corrected chi connectivity index (χ4v) is 2.10. The highest BCUT2D eigenvalue weighted by molar-refractivity contribution is 6.31. The van der Waals surface area contributed by atoms with Crippen molar-refractivity contribution in [3.8, 4) is 5.75 Å². The van der Waals surface area contributed by atoms with Gasteiger partial charge in [0.05, 0.1) is 7.11 Å². The number of carboxylic acid groups (broad SMARTS) is 1. The molecule has 1 aromatic rings. The highest BCUT2D eigenvalue weighted by Crippen LogP contribution is 2.26. The lowest BCUT2D eigenvalue weighted by Crippen LogP contribution is -2.37. The Morgan fingerprint density at radius 3 is 2.68 bits per heavy atom. The Hall–Kier alpha value is -1.26. The van der Waals surface area contributed by atoms with Gasteiger partial charge in [-0.15, -0.1) is 0 Å². The van der Waals surface area contributed by atoms with Crippen LogP contribution >= 0.6 is 11.6 Å². The maximum Gasteiger partial charge on any atom is 0.320 e. The molecule has 1 unspecified atom stereocenters. The van der Waals surface area contributed by atoms with Gasteiger partial charge in [0.25, 0.3) is 0 Å². The molecule has 106 valence electrons. The molecule has 0 aliphatic heterocycles. The van der Waals surface area contributed by atoms with Gasteiger partial charge in [-0.3, -0.25) is 4.79 Å². The summed E-state index contributed by atoms with van der Waals surface area (Å²) < 4.78 is 5.23. The summed E-state index contributed by atoms with van der Waals surface area (Å²) >= 11 is 6.11. The molecule has 5 heteroatoms. The second kappa shape index (κ2) is 7.36. The molecule has 0 bridgehead atoms. The van der Waals surface area contributed by atoms with Crippen molar-refractivity contribution in [2.45, 2.75) is 32.9 Å². The second-order valence-electron chi connectivity index (χ2n) is 4.82. The zero-order chi connectivity index (χ0) is 14.4. The first-order valence-electron chi connectivity index (χ1n) is 6.23. The van der Waals surface area contributed by atoms with Gasteiger partial charge in [0.2, 0.25) is 0 Å². The fraction of sp³-hybridized carbons (Fsp3) is 0.500. The van der Waals surface area contributed by atoms with Crippen molar-refractivity contribution in [2.75, 3.05) is 7.11 Å². The van der Waals surface area contributed by atoms with Crippen LogP contribution in [-0.2, 0) is 11.3 Å². The van der Waals surface area contributed by atoms with Crippen LogP contribution in [0.4, 0.5) is 0 Å². The number of ether oxygens (including phenoxy) is 1. The maximum atomic E-state index is 11.2. The smallest absolute Gasteiger partial charge is 0.320 e. The molecule has 0 heterocycles. The minimum absolute atomic E-state index is 0.307. The third-order valence-electron chi connectivity index (χ3n) is 2.83. The number of nitrogens with one attached hydrogen (secondary N) is 1. The first kappa shape index (κ1) is 15.8. The third-order valence-corrected chi connectivity index (χ3v) is 3.18. The van der Waals surface area contributed by atoms with Gasteiger partial charge >= 0.3 is 5.97 Å². The van der Waals surface area contributed by atoms with E-state index in [1.807, 2.05) is 13.8 Å². The predicted octanol–water partition coefficient (Wildman–Crippen LogP) is 2.94. The van der Waals surface area contributed by atoms with Gasteiger partial charge in [0.1, 0.15) is 11.8 Å². The molecule has 1 aromatic carbocycles. The predicted molar refractivity (Wildman–Crippen MR) is 75.7 cm³/mol. The molecule has 0 spiro atoms. The van der Waals surface area contributed by atoms with Crippen LogP contribution in [0, 0.1) is 5.92 Å². The van der Waals surface area contributed by atoms with Gasteiger partial charge in [0, 0.05) is 17.1 Å². The van der Waals surface area contributed by atoms with E-state index in [9.17, 15) is 4.79 Å². The van der Waals surface area contributed by atoms with Crippen molar-refractivity contribution >= 4 is 17.6 Å². The molecule has 0 aliphatic rings. The van der Waals surface area contributed by atoms with E-state index in [4.69, 9.17) is 21.4 Å². The molecule has 1 rings (SSSR count). The van der Waals surface area contributed by atoms with Crippen LogP contribution in [0.25, 0.3) is 0 Å². The van der Waals surface area contributed by atoms with Crippen molar-refractivity contribution in [2.24, 2.45) is 5.92 Å². The normalized spacial score (nSPS) is 12.5. The van der Waals surface area contributed by atoms with Crippen LogP contribution in [0.15, 0.2) is 18.2 Å². The molecule has 0 saturated heterocycles. The molecule has 4 nitrogen and oxygen atoms in total. The Labute approximate surface area is 118 Å². The quantitative estimate of drug-likeness (QED) is 0.809. The summed E-state index contributed by atoms with van der Waals surface area (Å²) in [6.07, 6.45) is 0.572. The van der Waals surface area contributed by atoms with E-state index in [2.05, 4.69) is 5.32 Å². The zero-order valence-electron chi connectivity index (χ0n) is 11.4. The van der Waals surface area contributed by atoms with Crippen LogP contribution in [0.2, 0.25) is 5.02 Å². The second-order valence-corrected chi connectivity index (χ2v) is 5.23. The molecule has 2 N–H and O–H groups in total. The van der Waals surface area contributed by atoms with Crippen LogP contribution in [0.3, 0.4) is 0 Å². The van der Waals surface area contributed by atoms with E-state index in [1.165, 1.54) is 0 Å². The number of benzene rings is 1. The van der Waals surface area contributed by atoms with Gasteiger partial charge in [-0.1, -0.05) is 31.5 Å².